The zero-order valence-electron chi connectivity index (χ0n) is 22.2. The van der Waals surface area contributed by atoms with Crippen LogP contribution in [0.1, 0.15) is 50.2 Å². The van der Waals surface area contributed by atoms with Gasteiger partial charge in [0.2, 0.25) is 0 Å². The van der Waals surface area contributed by atoms with Gasteiger partial charge in [-0.15, -0.1) is 11.8 Å². The van der Waals surface area contributed by atoms with Gasteiger partial charge < -0.3 is 19.8 Å². The van der Waals surface area contributed by atoms with Gasteiger partial charge in [0.25, 0.3) is 0 Å². The third-order valence-electron chi connectivity index (χ3n) is 7.64. The number of aliphatic hydroxyl groups excluding tert-OH is 1. The number of pyridine rings is 1. The number of carboxylic acids is 1. The first-order valence-corrected chi connectivity index (χ1v) is 14.5. The summed E-state index contributed by atoms with van der Waals surface area (Å²) in [5.74, 6) is -0.0120. The van der Waals surface area contributed by atoms with E-state index in [0.717, 1.165) is 55.4 Å². The molecule has 0 saturated carbocycles. The molecule has 3 aromatic rings. The highest BCUT2D eigenvalue weighted by Crippen LogP contribution is 2.35. The highest BCUT2D eigenvalue weighted by Gasteiger charge is 2.30. The molecule has 1 aromatic heterocycles. The van der Waals surface area contributed by atoms with E-state index in [1.807, 2.05) is 24.3 Å². The Morgan fingerprint density at radius 2 is 1.97 bits per heavy atom. The van der Waals surface area contributed by atoms with Gasteiger partial charge in [-0.2, -0.15) is 0 Å². The number of likely N-dealkylation sites (tertiary alicyclic amines) is 1. The zero-order valence-corrected chi connectivity index (χ0v) is 23.0. The maximum atomic E-state index is 13.9. The molecule has 2 N–H and O–H groups in total. The van der Waals surface area contributed by atoms with Crippen LogP contribution in [0.3, 0.4) is 0 Å². The summed E-state index contributed by atoms with van der Waals surface area (Å²) >= 11 is 1.20. The molecule has 1 saturated heterocycles. The van der Waals surface area contributed by atoms with Crippen molar-refractivity contribution in [3.05, 3.63) is 65.9 Å². The van der Waals surface area contributed by atoms with Crippen molar-refractivity contribution in [1.29, 1.82) is 0 Å². The predicted molar refractivity (Wildman–Crippen MR) is 149 cm³/mol. The Bertz CT molecular complexity index is 1240. The van der Waals surface area contributed by atoms with Crippen LogP contribution < -0.4 is 4.74 Å². The number of piperidine rings is 1. The lowest BCUT2D eigenvalue weighted by Gasteiger charge is -2.39. The molecule has 3 atom stereocenters. The number of nitrogens with zero attached hydrogens (tertiary/aromatic N) is 2. The van der Waals surface area contributed by atoms with Crippen LogP contribution in [0, 0.1) is 23.5 Å². The van der Waals surface area contributed by atoms with Gasteiger partial charge in [0.15, 0.2) is 0 Å². The summed E-state index contributed by atoms with van der Waals surface area (Å²) in [4.78, 5) is 18.1. The molecule has 0 bridgehead atoms. The summed E-state index contributed by atoms with van der Waals surface area (Å²) in [7, 11) is 1.61. The molecule has 1 aliphatic heterocycles. The predicted octanol–water partition coefficient (Wildman–Crippen LogP) is 6.32. The number of rotatable bonds is 13. The lowest BCUT2D eigenvalue weighted by atomic mass is 9.79. The van der Waals surface area contributed by atoms with Gasteiger partial charge in [-0.05, 0) is 105 Å². The van der Waals surface area contributed by atoms with E-state index in [1.54, 1.807) is 13.3 Å². The minimum atomic E-state index is -0.800. The van der Waals surface area contributed by atoms with Crippen LogP contribution in [-0.4, -0.2) is 58.6 Å². The van der Waals surface area contributed by atoms with Crippen molar-refractivity contribution in [2.24, 2.45) is 11.8 Å². The molecule has 0 spiro atoms. The van der Waals surface area contributed by atoms with Crippen molar-refractivity contribution in [3.63, 3.8) is 0 Å². The Labute approximate surface area is 232 Å². The molecule has 39 heavy (non-hydrogen) atoms. The third kappa shape index (κ3) is 7.90. The normalized spacial score (nSPS) is 18.8. The van der Waals surface area contributed by atoms with E-state index in [2.05, 4.69) is 9.88 Å². The summed E-state index contributed by atoms with van der Waals surface area (Å²) in [6.07, 6.45) is 4.86. The number of fused-ring (bicyclic) bond motifs is 1. The van der Waals surface area contributed by atoms with Crippen LogP contribution in [0.25, 0.3) is 10.9 Å². The number of carbonyl (C=O) groups is 1. The first-order valence-electron chi connectivity index (χ1n) is 13.5. The van der Waals surface area contributed by atoms with Crippen molar-refractivity contribution in [2.75, 3.05) is 32.5 Å². The molecule has 1 unspecified atom stereocenters. The molecule has 210 valence electrons. The minimum Gasteiger partial charge on any atom is -0.497 e. The first kappa shape index (κ1) is 29.2. The van der Waals surface area contributed by atoms with E-state index in [-0.39, 0.29) is 17.2 Å². The monoisotopic (exact) mass is 558 g/mol. The molecule has 4 rings (SSSR count). The first-order chi connectivity index (χ1) is 18.9. The van der Waals surface area contributed by atoms with Crippen molar-refractivity contribution < 1.29 is 28.5 Å². The van der Waals surface area contributed by atoms with Crippen LogP contribution in [0.2, 0.25) is 0 Å². The average Bonchev–Trinajstić information content (AvgIpc) is 2.93. The van der Waals surface area contributed by atoms with E-state index in [1.165, 1.54) is 30.0 Å². The lowest BCUT2D eigenvalue weighted by molar-refractivity contribution is -0.137. The topological polar surface area (TPSA) is 82.9 Å². The number of ether oxygens (including phenoxy) is 1. The molecular weight excluding hydrogens is 522 g/mol. The lowest BCUT2D eigenvalue weighted by Crippen LogP contribution is -2.41. The fraction of sp³-hybridized carbons (Fsp3) is 0.467. The standard InChI is InChI=1S/C30H36F2N2O4S/c1-38-22-8-9-27-24(18-22)23(12-14-33-27)28(35)10-6-20-13-16-34(19-21(20)7-11-29(36)37)15-3-17-39-30-25(31)4-2-5-26(30)32/h2,4-5,8-9,12,14,18,20-21,28,35H,3,6-7,10-11,13,15-17,19H2,1H3,(H,36,37)/t20-,21+,28?/m1/s1. The number of carboxylic acid groups (broad SMARTS) is 1. The van der Waals surface area contributed by atoms with Gasteiger partial charge in [-0.1, -0.05) is 6.07 Å². The van der Waals surface area contributed by atoms with Crippen LogP contribution in [0.4, 0.5) is 8.78 Å². The number of aliphatic hydroxyl groups is 1. The maximum absolute atomic E-state index is 13.9. The molecule has 0 amide bonds. The van der Waals surface area contributed by atoms with Crippen molar-refractivity contribution in [3.8, 4) is 5.75 Å². The summed E-state index contributed by atoms with van der Waals surface area (Å²) in [5.41, 5.74) is 1.62. The fourth-order valence-corrected chi connectivity index (χ4v) is 6.44. The molecule has 9 heteroatoms. The van der Waals surface area contributed by atoms with E-state index in [9.17, 15) is 23.8 Å². The third-order valence-corrected chi connectivity index (χ3v) is 8.81. The van der Waals surface area contributed by atoms with Crippen LogP contribution in [-0.2, 0) is 4.79 Å². The van der Waals surface area contributed by atoms with Crippen molar-refractivity contribution in [2.45, 2.75) is 49.5 Å². The highest BCUT2D eigenvalue weighted by atomic mass is 32.2. The van der Waals surface area contributed by atoms with Crippen LogP contribution in [0.5, 0.6) is 5.75 Å². The molecule has 2 heterocycles. The molecule has 0 radical (unpaired) electrons. The maximum Gasteiger partial charge on any atom is 0.303 e. The second-order valence-electron chi connectivity index (χ2n) is 10.2. The van der Waals surface area contributed by atoms with E-state index in [0.29, 0.717) is 30.3 Å². The Morgan fingerprint density at radius 1 is 1.18 bits per heavy atom. The molecule has 1 aliphatic rings. The highest BCUT2D eigenvalue weighted by molar-refractivity contribution is 7.99. The second kappa shape index (κ2) is 14.1. The number of aromatic nitrogens is 1. The largest absolute Gasteiger partial charge is 0.497 e. The smallest absolute Gasteiger partial charge is 0.303 e. The summed E-state index contributed by atoms with van der Waals surface area (Å²) in [6, 6.07) is 11.4. The van der Waals surface area contributed by atoms with E-state index < -0.39 is 23.7 Å². The van der Waals surface area contributed by atoms with Gasteiger partial charge in [-0.25, -0.2) is 8.78 Å². The molecular formula is C30H36F2N2O4S. The summed E-state index contributed by atoms with van der Waals surface area (Å²) < 4.78 is 33.1. The number of halogens is 2. The minimum absolute atomic E-state index is 0.0644. The fourth-order valence-electron chi connectivity index (χ4n) is 5.55. The Morgan fingerprint density at radius 3 is 2.72 bits per heavy atom. The van der Waals surface area contributed by atoms with E-state index in [4.69, 9.17) is 4.74 Å². The Kier molecular flexibility index (Phi) is 10.5. The van der Waals surface area contributed by atoms with Gasteiger partial charge in [0.1, 0.15) is 17.4 Å². The number of aliphatic carboxylic acids is 1. The number of hydrogen-bond donors (Lipinski definition) is 2. The number of benzene rings is 2. The number of thioether (sulfide) groups is 1. The number of hydrogen-bond acceptors (Lipinski definition) is 6. The van der Waals surface area contributed by atoms with Crippen molar-refractivity contribution >= 4 is 28.6 Å². The van der Waals surface area contributed by atoms with Gasteiger partial charge in [0, 0.05) is 24.5 Å². The Hall–Kier alpha value is -2.75. The molecule has 2 aromatic carbocycles. The van der Waals surface area contributed by atoms with Gasteiger partial charge in [0.05, 0.1) is 23.6 Å². The average molecular weight is 559 g/mol. The SMILES string of the molecule is COc1ccc2nccc(C(O)CC[C@@H]3CCN(CCCSc4c(F)cccc4F)C[C@@H]3CCC(=O)O)c2c1. The molecule has 0 aliphatic carbocycles. The quantitative estimate of drug-likeness (QED) is 0.188. The van der Waals surface area contributed by atoms with Gasteiger partial charge >= 0.3 is 5.97 Å². The molecule has 1 fully saturated rings. The summed E-state index contributed by atoms with van der Waals surface area (Å²) in [5, 5.41) is 21.3. The molecule has 6 nitrogen and oxygen atoms in total. The Balaban J connectivity index is 1.32. The van der Waals surface area contributed by atoms with E-state index >= 15 is 0 Å². The second-order valence-corrected chi connectivity index (χ2v) is 11.3. The van der Waals surface area contributed by atoms with Crippen LogP contribution in [0.15, 0.2) is 53.6 Å². The van der Waals surface area contributed by atoms with Crippen LogP contribution >= 0.6 is 11.8 Å². The van der Waals surface area contributed by atoms with Crippen molar-refractivity contribution in [1.82, 2.24) is 9.88 Å². The number of methoxy groups -OCH3 is 1. The summed E-state index contributed by atoms with van der Waals surface area (Å²) in [6.45, 7) is 2.48. The zero-order chi connectivity index (χ0) is 27.8. The van der Waals surface area contributed by atoms with Gasteiger partial charge in [-0.3, -0.25) is 9.78 Å².